The largest absolute Gasteiger partial charge is 0.356 e. The van der Waals surface area contributed by atoms with E-state index in [0.29, 0.717) is 55.9 Å². The highest BCUT2D eigenvalue weighted by atomic mass is 19.1. The molecule has 2 amide bonds. The number of nitrogens with two attached hydrogens (primary N) is 1. The monoisotopic (exact) mass is 588 g/mol. The Kier molecular flexibility index (Phi) is 10.7. The smallest absolute Gasteiger partial charge is 0.237 e. The third-order valence-corrected chi connectivity index (χ3v) is 12.4. The average molecular weight is 589 g/mol. The molecule has 4 saturated carbocycles. The molecule has 5 fully saturated rings. The molecule has 8 heteroatoms. The molecule has 42 heavy (non-hydrogen) atoms. The molecular formula is C34H57FN4O3. The summed E-state index contributed by atoms with van der Waals surface area (Å²) in [5.41, 5.74) is 5.45. The van der Waals surface area contributed by atoms with Gasteiger partial charge in [-0.05, 0) is 106 Å². The molecule has 7 nitrogen and oxygen atoms in total. The van der Waals surface area contributed by atoms with E-state index in [0.717, 1.165) is 32.0 Å². The van der Waals surface area contributed by atoms with Crippen LogP contribution < -0.4 is 21.7 Å². The molecule has 238 valence electrons. The molecule has 0 aromatic rings. The van der Waals surface area contributed by atoms with Crippen LogP contribution in [-0.4, -0.2) is 54.5 Å². The summed E-state index contributed by atoms with van der Waals surface area (Å²) in [6.07, 6.45) is 16.6. The van der Waals surface area contributed by atoms with Crippen LogP contribution in [0.2, 0.25) is 0 Å². The summed E-state index contributed by atoms with van der Waals surface area (Å²) in [4.78, 5) is 36.3. The molecule has 0 aromatic heterocycles. The first kappa shape index (κ1) is 31.9. The number of fused-ring (bicyclic) bond motifs is 8. The fourth-order valence-corrected chi connectivity index (χ4v) is 10.4. The van der Waals surface area contributed by atoms with Crippen LogP contribution in [0.3, 0.4) is 0 Å². The first-order valence-electron chi connectivity index (χ1n) is 17.4. The van der Waals surface area contributed by atoms with Crippen molar-refractivity contribution in [1.82, 2.24) is 16.0 Å². The lowest BCUT2D eigenvalue weighted by atomic mass is 9.55. The number of amides is 2. The molecule has 1 saturated heterocycles. The molecule has 0 radical (unpaired) electrons. The third-order valence-electron chi connectivity index (χ3n) is 12.4. The highest BCUT2D eigenvalue weighted by Crippen LogP contribution is 2.60. The minimum absolute atomic E-state index is 0.0272. The molecule has 12 atom stereocenters. The Morgan fingerprint density at radius 2 is 1.76 bits per heavy atom. The van der Waals surface area contributed by atoms with Crippen LogP contribution in [0.25, 0.3) is 0 Å². The first-order chi connectivity index (χ1) is 20.2. The number of carbonyl (C=O) groups excluding carboxylic acids is 3. The van der Waals surface area contributed by atoms with Gasteiger partial charge < -0.3 is 26.5 Å². The van der Waals surface area contributed by atoms with Gasteiger partial charge in [0.05, 0.1) is 12.1 Å². The van der Waals surface area contributed by atoms with Crippen molar-refractivity contribution >= 4 is 18.1 Å². The topological polar surface area (TPSA) is 113 Å². The first-order valence-corrected chi connectivity index (χ1v) is 17.4. The molecule has 5 aliphatic rings. The maximum Gasteiger partial charge on any atom is 0.237 e. The van der Waals surface area contributed by atoms with Gasteiger partial charge in [-0.25, -0.2) is 4.39 Å². The van der Waals surface area contributed by atoms with E-state index in [9.17, 15) is 14.4 Å². The van der Waals surface area contributed by atoms with Gasteiger partial charge in [0.15, 0.2) is 0 Å². The highest BCUT2D eigenvalue weighted by Gasteiger charge is 2.63. The van der Waals surface area contributed by atoms with Crippen molar-refractivity contribution in [2.45, 2.75) is 146 Å². The van der Waals surface area contributed by atoms with Gasteiger partial charge in [-0.15, -0.1) is 0 Å². The zero-order chi connectivity index (χ0) is 29.9. The normalized spacial score (nSPS) is 41.0. The van der Waals surface area contributed by atoms with Gasteiger partial charge in [-0.1, -0.05) is 39.0 Å². The van der Waals surface area contributed by atoms with E-state index in [1.165, 1.54) is 58.3 Å². The van der Waals surface area contributed by atoms with Gasteiger partial charge in [-0.2, -0.15) is 0 Å². The van der Waals surface area contributed by atoms with E-state index in [1.54, 1.807) is 0 Å². The van der Waals surface area contributed by atoms with E-state index in [2.05, 4.69) is 22.9 Å². The lowest BCUT2D eigenvalue weighted by molar-refractivity contribution is -0.126. The van der Waals surface area contributed by atoms with Gasteiger partial charge in [0.2, 0.25) is 11.8 Å². The predicted octanol–water partition coefficient (Wildman–Crippen LogP) is 4.81. The maximum absolute atomic E-state index is 18.2. The molecule has 4 bridgehead atoms. The summed E-state index contributed by atoms with van der Waals surface area (Å²) >= 11 is 0. The van der Waals surface area contributed by atoms with Gasteiger partial charge in [0.1, 0.15) is 12.0 Å². The number of halogens is 1. The number of carbonyl (C=O) groups is 3. The van der Waals surface area contributed by atoms with Crippen LogP contribution in [0, 0.1) is 41.4 Å². The summed E-state index contributed by atoms with van der Waals surface area (Å²) in [7, 11) is 0. The molecule has 0 aromatic carbocycles. The maximum atomic E-state index is 18.2. The molecule has 5 N–H and O–H groups in total. The van der Waals surface area contributed by atoms with Crippen molar-refractivity contribution in [2.24, 2.45) is 47.2 Å². The van der Waals surface area contributed by atoms with E-state index in [-0.39, 0.29) is 41.7 Å². The second-order valence-corrected chi connectivity index (χ2v) is 14.9. The zero-order valence-electron chi connectivity index (χ0n) is 26.1. The number of unbranched alkanes of at least 4 members (excludes halogenated alkanes) is 1. The van der Waals surface area contributed by atoms with Gasteiger partial charge >= 0.3 is 0 Å². The SMILES string of the molecule is CC(=O)NCCCC[C@@H](C=O)NC(=O)[C@@H](N)CC1C2N[C@@H]3C(C)CCC(F)(C4CCCCCC4C4CCCC2CC4)C13. The van der Waals surface area contributed by atoms with E-state index in [1.807, 2.05) is 0 Å². The van der Waals surface area contributed by atoms with E-state index >= 15 is 4.39 Å². The molecule has 1 heterocycles. The van der Waals surface area contributed by atoms with Crippen molar-refractivity contribution < 1.29 is 18.8 Å². The van der Waals surface area contributed by atoms with Crippen LogP contribution in [0.5, 0.6) is 0 Å². The minimum atomic E-state index is -1.21. The number of aldehydes is 1. The summed E-state index contributed by atoms with van der Waals surface area (Å²) in [6, 6.07) is -1.03. The molecular weight excluding hydrogens is 531 g/mol. The lowest BCUT2D eigenvalue weighted by Crippen LogP contribution is -2.57. The van der Waals surface area contributed by atoms with Crippen LogP contribution in [0.4, 0.5) is 4.39 Å². The predicted molar refractivity (Wildman–Crippen MR) is 163 cm³/mol. The highest BCUT2D eigenvalue weighted by molar-refractivity contribution is 5.84. The Bertz CT molecular complexity index is 950. The average Bonchev–Trinajstić information content (AvgIpc) is 3.12. The van der Waals surface area contributed by atoms with Crippen LogP contribution in [0.1, 0.15) is 117 Å². The molecule has 9 unspecified atom stereocenters. The Morgan fingerprint density at radius 3 is 2.55 bits per heavy atom. The second-order valence-electron chi connectivity index (χ2n) is 14.9. The Hall–Kier alpha value is -1.54. The number of rotatable bonds is 10. The Morgan fingerprint density at radius 1 is 1.00 bits per heavy atom. The lowest BCUT2D eigenvalue weighted by Gasteiger charge is -2.52. The fraction of sp³-hybridized carbons (Fsp3) is 0.912. The third kappa shape index (κ3) is 6.74. The second kappa shape index (κ2) is 14.0. The van der Waals surface area contributed by atoms with Gasteiger partial charge in [-0.3, -0.25) is 9.59 Å². The van der Waals surface area contributed by atoms with Crippen molar-refractivity contribution in [2.75, 3.05) is 6.54 Å². The van der Waals surface area contributed by atoms with Crippen molar-refractivity contribution in [3.05, 3.63) is 0 Å². The van der Waals surface area contributed by atoms with Crippen LogP contribution >= 0.6 is 0 Å². The van der Waals surface area contributed by atoms with E-state index in [4.69, 9.17) is 5.73 Å². The van der Waals surface area contributed by atoms with Crippen molar-refractivity contribution in [1.29, 1.82) is 0 Å². The number of nitrogens with one attached hydrogen (secondary N) is 3. The number of hydrogen-bond donors (Lipinski definition) is 4. The summed E-state index contributed by atoms with van der Waals surface area (Å²) in [5, 5.41) is 9.69. The van der Waals surface area contributed by atoms with Crippen molar-refractivity contribution in [3.63, 3.8) is 0 Å². The standard InChI is InChI=1S/C34H57FN4O3/c1-21-16-17-34(35)28-13-5-3-4-12-26(28)23-9-8-10-24(15-14-23)32-27(30(34)31(21)39-32)19-29(36)33(42)38-25(20-40)11-6-7-18-37-22(2)41/h20-21,23-32,39H,3-19,36H2,1-2H3,(H,37,41)(H,38,42)/t21?,23?,24?,25-,26?,27?,28?,29-,30?,31+,32?,34?/m0/s1. The van der Waals surface area contributed by atoms with E-state index < -0.39 is 17.8 Å². The molecule has 1 aliphatic heterocycles. The molecule has 0 spiro atoms. The van der Waals surface area contributed by atoms with Crippen molar-refractivity contribution in [3.8, 4) is 0 Å². The van der Waals surface area contributed by atoms with Gasteiger partial charge in [0, 0.05) is 31.5 Å². The Labute approximate surface area is 252 Å². The summed E-state index contributed by atoms with van der Waals surface area (Å²) in [5.74, 6) is 1.73. The minimum Gasteiger partial charge on any atom is -0.356 e. The quantitative estimate of drug-likeness (QED) is 0.216. The Balaban J connectivity index is 1.35. The summed E-state index contributed by atoms with van der Waals surface area (Å²) < 4.78 is 18.2. The van der Waals surface area contributed by atoms with Crippen LogP contribution in [-0.2, 0) is 14.4 Å². The van der Waals surface area contributed by atoms with Crippen LogP contribution in [0.15, 0.2) is 0 Å². The molecule has 5 rings (SSSR count). The summed E-state index contributed by atoms with van der Waals surface area (Å²) in [6.45, 7) is 4.34. The zero-order valence-corrected chi connectivity index (χ0v) is 26.1. The fourth-order valence-electron chi connectivity index (χ4n) is 10.4. The number of hydrogen-bond acceptors (Lipinski definition) is 5. The molecule has 4 aliphatic carbocycles. The number of alkyl halides is 1. The van der Waals surface area contributed by atoms with Gasteiger partial charge in [0.25, 0.3) is 0 Å².